The van der Waals surface area contributed by atoms with Crippen LogP contribution in [0.3, 0.4) is 0 Å². The van der Waals surface area contributed by atoms with Crippen LogP contribution in [0.4, 0.5) is 0 Å². The van der Waals surface area contributed by atoms with Gasteiger partial charge in [0.25, 0.3) is 5.91 Å². The van der Waals surface area contributed by atoms with Gasteiger partial charge in [-0.1, -0.05) is 18.1 Å². The van der Waals surface area contributed by atoms with Crippen LogP contribution < -0.4 is 5.32 Å². The van der Waals surface area contributed by atoms with E-state index in [1.54, 1.807) is 37.7 Å². The predicted molar refractivity (Wildman–Crippen MR) is 91.3 cm³/mol. The Balaban J connectivity index is 1.98. The van der Waals surface area contributed by atoms with Crippen molar-refractivity contribution in [2.45, 2.75) is 30.9 Å². The third kappa shape index (κ3) is 5.51. The van der Waals surface area contributed by atoms with Crippen LogP contribution >= 0.6 is 11.8 Å². The number of carbonyl (C=O) groups excluding carboxylic acids is 1. The molecule has 5 heteroatoms. The largest absolute Gasteiger partial charge is 0.443 e. The molecule has 0 saturated carbocycles. The topological polar surface area (TPSA) is 62.5 Å². The average Bonchev–Trinajstić information content (AvgIpc) is 2.99. The van der Waals surface area contributed by atoms with E-state index in [0.717, 1.165) is 10.5 Å². The third-order valence-corrected chi connectivity index (χ3v) is 3.63. The van der Waals surface area contributed by atoms with Crippen molar-refractivity contribution in [1.82, 2.24) is 5.32 Å². The molecule has 2 rings (SSSR count). The highest BCUT2D eigenvalue weighted by molar-refractivity contribution is 7.98. The highest BCUT2D eigenvalue weighted by Gasteiger charge is 2.11. The fraction of sp³-hybridized carbons (Fsp3) is 0.278. The van der Waals surface area contributed by atoms with Gasteiger partial charge in [-0.05, 0) is 55.9 Å². The average molecular weight is 329 g/mol. The van der Waals surface area contributed by atoms with Crippen molar-refractivity contribution in [2.75, 3.05) is 6.26 Å². The summed E-state index contributed by atoms with van der Waals surface area (Å²) in [5, 5.41) is 12.4. The monoisotopic (exact) mass is 329 g/mol. The Bertz CT molecular complexity index is 747. The fourth-order valence-corrected chi connectivity index (χ4v) is 2.28. The molecule has 0 bridgehead atoms. The number of hydrogen-bond acceptors (Lipinski definition) is 4. The molecule has 1 aromatic heterocycles. The summed E-state index contributed by atoms with van der Waals surface area (Å²) in [4.78, 5) is 13.2. The molecule has 0 fully saturated rings. The van der Waals surface area contributed by atoms with Crippen LogP contribution in [-0.4, -0.2) is 22.9 Å². The zero-order valence-electron chi connectivity index (χ0n) is 13.3. The highest BCUT2D eigenvalue weighted by Crippen LogP contribution is 2.16. The maximum atomic E-state index is 12.1. The lowest BCUT2D eigenvalue weighted by molar-refractivity contribution is 0.0922. The molecule has 1 amide bonds. The number of aliphatic hydroxyl groups is 1. The molecule has 1 aromatic carbocycles. The summed E-state index contributed by atoms with van der Waals surface area (Å²) in [6.45, 7) is 3.59. The Morgan fingerprint density at radius 2 is 2.13 bits per heavy atom. The summed E-state index contributed by atoms with van der Waals surface area (Å²) in [5.41, 5.74) is -0.0730. The van der Waals surface area contributed by atoms with Crippen LogP contribution in [0.25, 0.3) is 0 Å². The van der Waals surface area contributed by atoms with Gasteiger partial charge < -0.3 is 14.8 Å². The Morgan fingerprint density at radius 3 is 2.83 bits per heavy atom. The Kier molecular flexibility index (Phi) is 5.54. The zero-order chi connectivity index (χ0) is 16.9. The van der Waals surface area contributed by atoms with Gasteiger partial charge in [-0.3, -0.25) is 4.79 Å². The maximum Gasteiger partial charge on any atom is 0.287 e. The number of amides is 1. The molecular weight excluding hydrogens is 310 g/mol. The molecule has 0 aliphatic rings. The van der Waals surface area contributed by atoms with E-state index in [9.17, 15) is 9.90 Å². The van der Waals surface area contributed by atoms with Crippen LogP contribution in [0.2, 0.25) is 0 Å². The molecule has 0 spiro atoms. The van der Waals surface area contributed by atoms with E-state index in [2.05, 4.69) is 17.2 Å². The number of rotatable bonds is 4. The quantitative estimate of drug-likeness (QED) is 0.668. The van der Waals surface area contributed by atoms with Gasteiger partial charge in [0, 0.05) is 11.4 Å². The van der Waals surface area contributed by atoms with Crippen molar-refractivity contribution in [2.24, 2.45) is 0 Å². The minimum Gasteiger partial charge on any atom is -0.443 e. The summed E-state index contributed by atoms with van der Waals surface area (Å²) in [7, 11) is 0. The van der Waals surface area contributed by atoms with Crippen LogP contribution in [0, 0.1) is 11.8 Å². The van der Waals surface area contributed by atoms with E-state index in [4.69, 9.17) is 4.42 Å². The number of nitrogens with one attached hydrogen (secondary N) is 1. The first-order valence-electron chi connectivity index (χ1n) is 7.14. The van der Waals surface area contributed by atoms with Crippen LogP contribution in [0.1, 0.15) is 35.7 Å². The van der Waals surface area contributed by atoms with Crippen molar-refractivity contribution in [1.29, 1.82) is 0 Å². The third-order valence-electron chi connectivity index (χ3n) is 2.91. The number of carbonyl (C=O) groups is 1. The number of furan rings is 1. The minimum atomic E-state index is -1.10. The zero-order valence-corrected chi connectivity index (χ0v) is 14.2. The maximum absolute atomic E-state index is 12.1. The van der Waals surface area contributed by atoms with Gasteiger partial charge in [0.05, 0.1) is 0 Å². The van der Waals surface area contributed by atoms with E-state index in [1.165, 1.54) is 0 Å². The Hall–Kier alpha value is -2.16. The minimum absolute atomic E-state index is 0.200. The second-order valence-corrected chi connectivity index (χ2v) is 6.39. The van der Waals surface area contributed by atoms with Gasteiger partial charge in [-0.2, -0.15) is 0 Å². The number of benzene rings is 1. The molecular formula is C18H19NO3S. The molecule has 0 radical (unpaired) electrons. The summed E-state index contributed by atoms with van der Waals surface area (Å²) in [6.07, 6.45) is 2.01. The molecule has 2 aromatic rings. The summed E-state index contributed by atoms with van der Waals surface area (Å²) in [6, 6.07) is 11.2. The molecule has 0 aliphatic carbocycles. The van der Waals surface area contributed by atoms with E-state index < -0.39 is 5.60 Å². The summed E-state index contributed by atoms with van der Waals surface area (Å²) in [5.74, 6) is 5.59. The predicted octanol–water partition coefficient (Wildman–Crippen LogP) is 3.05. The van der Waals surface area contributed by atoms with Crippen molar-refractivity contribution in [3.63, 3.8) is 0 Å². The van der Waals surface area contributed by atoms with Crippen LogP contribution in [-0.2, 0) is 6.54 Å². The molecule has 2 N–H and O–H groups in total. The van der Waals surface area contributed by atoms with Gasteiger partial charge in [-0.15, -0.1) is 11.8 Å². The van der Waals surface area contributed by atoms with E-state index in [0.29, 0.717) is 12.3 Å². The van der Waals surface area contributed by atoms with Crippen LogP contribution in [0.5, 0.6) is 0 Å². The lowest BCUT2D eigenvalue weighted by Gasteiger charge is -2.05. The molecule has 0 saturated heterocycles. The fourth-order valence-electron chi connectivity index (χ4n) is 1.79. The SMILES string of the molecule is CSc1cccc(CNC(=O)c2ccc(C#CC(C)(C)O)o2)c1. The molecule has 1 heterocycles. The normalized spacial score (nSPS) is 10.8. The van der Waals surface area contributed by atoms with Crippen molar-refractivity contribution < 1.29 is 14.3 Å². The molecule has 120 valence electrons. The molecule has 4 nitrogen and oxygen atoms in total. The lowest BCUT2D eigenvalue weighted by Crippen LogP contribution is -2.22. The second kappa shape index (κ2) is 7.40. The van der Waals surface area contributed by atoms with Crippen LogP contribution in [0.15, 0.2) is 45.7 Å². The molecule has 0 atom stereocenters. The van der Waals surface area contributed by atoms with Gasteiger partial charge in [-0.25, -0.2) is 0 Å². The standard InChI is InChI=1S/C18H19NO3S/c1-18(2,21)10-9-14-7-8-16(22-14)17(20)19-12-13-5-4-6-15(11-13)23-3/h4-8,11,21H,12H2,1-3H3,(H,19,20). The summed E-state index contributed by atoms with van der Waals surface area (Å²) < 4.78 is 5.37. The van der Waals surface area contributed by atoms with Gasteiger partial charge >= 0.3 is 0 Å². The first-order valence-corrected chi connectivity index (χ1v) is 8.36. The number of hydrogen-bond donors (Lipinski definition) is 2. The number of thioether (sulfide) groups is 1. The first kappa shape index (κ1) is 17.2. The first-order chi connectivity index (χ1) is 10.9. The van der Waals surface area contributed by atoms with E-state index in [-0.39, 0.29) is 11.7 Å². The lowest BCUT2D eigenvalue weighted by atomic mass is 10.1. The van der Waals surface area contributed by atoms with E-state index in [1.807, 2.05) is 30.5 Å². The molecule has 23 heavy (non-hydrogen) atoms. The van der Waals surface area contributed by atoms with Crippen molar-refractivity contribution in [3.05, 3.63) is 53.5 Å². The highest BCUT2D eigenvalue weighted by atomic mass is 32.2. The smallest absolute Gasteiger partial charge is 0.287 e. The van der Waals surface area contributed by atoms with Crippen molar-refractivity contribution >= 4 is 17.7 Å². The van der Waals surface area contributed by atoms with E-state index >= 15 is 0 Å². The van der Waals surface area contributed by atoms with Gasteiger partial charge in [0.1, 0.15) is 5.60 Å². The molecule has 0 unspecified atom stereocenters. The summed E-state index contributed by atoms with van der Waals surface area (Å²) >= 11 is 1.66. The second-order valence-electron chi connectivity index (χ2n) is 5.51. The van der Waals surface area contributed by atoms with Gasteiger partial charge in [0.15, 0.2) is 11.5 Å². The molecule has 0 aliphatic heterocycles. The Morgan fingerprint density at radius 1 is 1.35 bits per heavy atom. The Labute approximate surface area is 140 Å². The van der Waals surface area contributed by atoms with Crippen molar-refractivity contribution in [3.8, 4) is 11.8 Å². The van der Waals surface area contributed by atoms with Gasteiger partial charge in [0.2, 0.25) is 0 Å².